The van der Waals surface area contributed by atoms with E-state index in [1.165, 1.54) is 0 Å². The van der Waals surface area contributed by atoms with Crippen LogP contribution in [0.1, 0.15) is 23.6 Å². The van der Waals surface area contributed by atoms with Crippen LogP contribution in [0.3, 0.4) is 0 Å². The topological polar surface area (TPSA) is 49.3 Å². The largest absolute Gasteiger partial charge is 0.416 e. The Balaban J connectivity index is 2.11. The molecule has 26 heavy (non-hydrogen) atoms. The Morgan fingerprint density at radius 2 is 1.96 bits per heavy atom. The average Bonchev–Trinajstić information content (AvgIpc) is 2.58. The molecule has 0 aliphatic heterocycles. The molecule has 0 saturated carbocycles. The number of hydrogen-bond donors (Lipinski definition) is 2. The lowest BCUT2D eigenvalue weighted by Crippen LogP contribution is -2.37. The normalized spacial score (nSPS) is 12.2. The molecule has 0 radical (unpaired) electrons. The van der Waals surface area contributed by atoms with Crippen LogP contribution in [0.25, 0.3) is 0 Å². The van der Waals surface area contributed by atoms with Crippen molar-refractivity contribution in [3.63, 3.8) is 0 Å². The summed E-state index contributed by atoms with van der Waals surface area (Å²) >= 11 is 5.71. The van der Waals surface area contributed by atoms with Crippen LogP contribution in [-0.2, 0) is 19.3 Å². The van der Waals surface area contributed by atoms with Crippen molar-refractivity contribution in [2.75, 3.05) is 6.54 Å². The summed E-state index contributed by atoms with van der Waals surface area (Å²) in [5.74, 6) is -0.600. The maximum Gasteiger partial charge on any atom is 0.416 e. The lowest BCUT2D eigenvalue weighted by molar-refractivity contribution is -0.138. The average molecular weight is 389 g/mol. The van der Waals surface area contributed by atoms with Crippen molar-refractivity contribution in [3.05, 3.63) is 64.2 Å². The molecule has 0 aliphatic rings. The van der Waals surface area contributed by atoms with Crippen LogP contribution in [0.2, 0.25) is 5.15 Å². The van der Waals surface area contributed by atoms with Crippen molar-refractivity contribution < 1.29 is 17.6 Å². The smallest absolute Gasteiger partial charge is 0.357 e. The van der Waals surface area contributed by atoms with Crippen molar-refractivity contribution in [2.45, 2.75) is 26.2 Å². The maximum absolute atomic E-state index is 13.2. The van der Waals surface area contributed by atoms with Crippen LogP contribution < -0.4 is 10.6 Å². The van der Waals surface area contributed by atoms with Crippen molar-refractivity contribution >= 4 is 17.6 Å². The molecule has 0 atom stereocenters. The van der Waals surface area contributed by atoms with Gasteiger partial charge in [-0.1, -0.05) is 23.7 Å². The van der Waals surface area contributed by atoms with E-state index >= 15 is 0 Å². The molecule has 2 N–H and O–H groups in total. The number of nitrogens with zero attached hydrogens (tertiary/aromatic N) is 2. The summed E-state index contributed by atoms with van der Waals surface area (Å²) in [6.07, 6.45) is -3.07. The van der Waals surface area contributed by atoms with E-state index in [0.717, 1.165) is 17.7 Å². The molecule has 0 saturated heterocycles. The Labute approximate surface area is 153 Å². The monoisotopic (exact) mass is 388 g/mol. The molecule has 2 rings (SSSR count). The van der Waals surface area contributed by atoms with Gasteiger partial charge < -0.3 is 10.6 Å². The van der Waals surface area contributed by atoms with E-state index in [-0.39, 0.29) is 18.7 Å². The summed E-state index contributed by atoms with van der Waals surface area (Å²) < 4.78 is 52.3. The van der Waals surface area contributed by atoms with Gasteiger partial charge in [0, 0.05) is 19.3 Å². The highest BCUT2D eigenvalue weighted by molar-refractivity contribution is 6.29. The lowest BCUT2D eigenvalue weighted by Gasteiger charge is -2.15. The van der Waals surface area contributed by atoms with E-state index in [1.54, 1.807) is 18.3 Å². The zero-order chi connectivity index (χ0) is 19.2. The number of nitrogens with one attached hydrogen (secondary N) is 2. The summed E-state index contributed by atoms with van der Waals surface area (Å²) in [4.78, 5) is 8.23. The van der Waals surface area contributed by atoms with E-state index in [4.69, 9.17) is 11.6 Å². The fraction of sp³-hybridized carbons (Fsp3) is 0.294. The SMILES string of the molecule is CCNC(=NCc1ccc(Cl)nc1)NCc1ccc(F)cc1C(F)(F)F. The number of alkyl halides is 3. The van der Waals surface area contributed by atoms with Gasteiger partial charge in [-0.2, -0.15) is 13.2 Å². The maximum atomic E-state index is 13.2. The molecule has 1 aromatic carbocycles. The molecule has 0 bridgehead atoms. The molecule has 0 amide bonds. The molecule has 4 nitrogen and oxygen atoms in total. The fourth-order valence-corrected chi connectivity index (χ4v) is 2.27. The first-order valence-electron chi connectivity index (χ1n) is 7.78. The predicted octanol–water partition coefficient (Wildman–Crippen LogP) is 4.15. The Kier molecular flexibility index (Phi) is 6.79. The van der Waals surface area contributed by atoms with E-state index in [2.05, 4.69) is 20.6 Å². The van der Waals surface area contributed by atoms with E-state index < -0.39 is 17.6 Å². The fourth-order valence-electron chi connectivity index (χ4n) is 2.16. The van der Waals surface area contributed by atoms with Gasteiger partial charge in [-0.3, -0.25) is 0 Å². The van der Waals surface area contributed by atoms with Crippen molar-refractivity contribution in [2.24, 2.45) is 4.99 Å². The summed E-state index contributed by atoms with van der Waals surface area (Å²) in [7, 11) is 0. The van der Waals surface area contributed by atoms with Gasteiger partial charge in [-0.15, -0.1) is 0 Å². The minimum atomic E-state index is -4.64. The number of pyridine rings is 1. The molecule has 140 valence electrons. The molecule has 9 heteroatoms. The molecule has 0 unspecified atom stereocenters. The summed E-state index contributed by atoms with van der Waals surface area (Å²) in [5, 5.41) is 6.12. The van der Waals surface area contributed by atoms with Gasteiger partial charge in [0.05, 0.1) is 12.1 Å². The molecule has 1 heterocycles. The van der Waals surface area contributed by atoms with Crippen LogP contribution >= 0.6 is 11.6 Å². The molecule has 0 fully saturated rings. The summed E-state index contributed by atoms with van der Waals surface area (Å²) in [6, 6.07) is 5.97. The number of hydrogen-bond acceptors (Lipinski definition) is 2. The Morgan fingerprint density at radius 1 is 1.19 bits per heavy atom. The molecular formula is C17H17ClF4N4. The van der Waals surface area contributed by atoms with E-state index in [0.29, 0.717) is 23.7 Å². The molecular weight excluding hydrogens is 372 g/mol. The van der Waals surface area contributed by atoms with Crippen LogP contribution in [0.5, 0.6) is 0 Å². The highest BCUT2D eigenvalue weighted by Crippen LogP contribution is 2.32. The van der Waals surface area contributed by atoms with Gasteiger partial charge in [-0.25, -0.2) is 14.4 Å². The lowest BCUT2D eigenvalue weighted by atomic mass is 10.1. The van der Waals surface area contributed by atoms with Gasteiger partial charge in [0.25, 0.3) is 0 Å². The zero-order valence-electron chi connectivity index (χ0n) is 13.9. The van der Waals surface area contributed by atoms with E-state index in [9.17, 15) is 17.6 Å². The first-order valence-corrected chi connectivity index (χ1v) is 8.15. The molecule has 2 aromatic rings. The number of benzene rings is 1. The highest BCUT2D eigenvalue weighted by atomic mass is 35.5. The number of aliphatic imine (C=N–C) groups is 1. The van der Waals surface area contributed by atoms with Crippen LogP contribution in [-0.4, -0.2) is 17.5 Å². The number of aromatic nitrogens is 1. The minimum Gasteiger partial charge on any atom is -0.357 e. The molecule has 1 aromatic heterocycles. The summed E-state index contributed by atoms with van der Waals surface area (Å²) in [6.45, 7) is 2.48. The zero-order valence-corrected chi connectivity index (χ0v) is 14.6. The third kappa shape index (κ3) is 5.87. The van der Waals surface area contributed by atoms with E-state index in [1.807, 2.05) is 6.92 Å². The quantitative estimate of drug-likeness (QED) is 0.350. The third-order valence-electron chi connectivity index (χ3n) is 3.38. The van der Waals surface area contributed by atoms with Gasteiger partial charge in [0.2, 0.25) is 0 Å². The van der Waals surface area contributed by atoms with Gasteiger partial charge in [0.1, 0.15) is 11.0 Å². The van der Waals surface area contributed by atoms with Gasteiger partial charge >= 0.3 is 6.18 Å². The second kappa shape index (κ2) is 8.84. The first-order chi connectivity index (χ1) is 12.3. The van der Waals surface area contributed by atoms with Gasteiger partial charge in [0.15, 0.2) is 5.96 Å². The Morgan fingerprint density at radius 3 is 2.58 bits per heavy atom. The number of halogens is 5. The molecule has 0 spiro atoms. The summed E-state index contributed by atoms with van der Waals surface area (Å²) in [5.41, 5.74) is -0.287. The van der Waals surface area contributed by atoms with Crippen molar-refractivity contribution in [1.82, 2.24) is 15.6 Å². The first kappa shape index (κ1) is 20.0. The Bertz CT molecular complexity index is 760. The second-order valence-corrected chi connectivity index (χ2v) is 5.72. The van der Waals surface area contributed by atoms with Gasteiger partial charge in [-0.05, 0) is 36.2 Å². The number of rotatable bonds is 5. The highest BCUT2D eigenvalue weighted by Gasteiger charge is 2.33. The minimum absolute atomic E-state index is 0.0716. The third-order valence-corrected chi connectivity index (χ3v) is 3.60. The van der Waals surface area contributed by atoms with Crippen LogP contribution in [0.4, 0.5) is 17.6 Å². The van der Waals surface area contributed by atoms with Crippen molar-refractivity contribution in [1.29, 1.82) is 0 Å². The van der Waals surface area contributed by atoms with Crippen molar-refractivity contribution in [3.8, 4) is 0 Å². The predicted molar refractivity (Wildman–Crippen MR) is 92.3 cm³/mol. The second-order valence-electron chi connectivity index (χ2n) is 5.34. The standard InChI is InChI=1S/C17H17ClF4N4/c1-2-23-16(25-9-11-3-6-15(18)24-8-11)26-10-12-4-5-13(19)7-14(12)17(20,21)22/h3-8H,2,9-10H2,1H3,(H2,23,25,26). The van der Waals surface area contributed by atoms with Crippen LogP contribution in [0.15, 0.2) is 41.5 Å². The number of guanidine groups is 1. The molecule has 0 aliphatic carbocycles. The van der Waals surface area contributed by atoms with Crippen LogP contribution in [0, 0.1) is 5.82 Å². The Hall–Kier alpha value is -2.35.